The Morgan fingerprint density at radius 1 is 1.00 bits per heavy atom. The Morgan fingerprint density at radius 2 is 1.63 bits per heavy atom. The summed E-state index contributed by atoms with van der Waals surface area (Å²) >= 11 is 0. The summed E-state index contributed by atoms with van der Waals surface area (Å²) in [5.74, 6) is -3.36. The zero-order valence-corrected chi connectivity index (χ0v) is 25.3. The molecule has 0 saturated heterocycles. The summed E-state index contributed by atoms with van der Waals surface area (Å²) in [5.41, 5.74) is 1.59. The molecule has 0 bridgehead atoms. The van der Waals surface area contributed by atoms with Gasteiger partial charge in [-0.15, -0.1) is 0 Å². The highest BCUT2D eigenvalue weighted by molar-refractivity contribution is 6.09. The fourth-order valence-electron chi connectivity index (χ4n) is 5.07. The lowest BCUT2D eigenvalue weighted by Crippen LogP contribution is -2.55. The van der Waals surface area contributed by atoms with Crippen LogP contribution in [0.2, 0.25) is 0 Å². The highest BCUT2D eigenvalue weighted by Crippen LogP contribution is 2.33. The van der Waals surface area contributed by atoms with Crippen LogP contribution in [0.3, 0.4) is 0 Å². The summed E-state index contributed by atoms with van der Waals surface area (Å²) < 4.78 is 5.68. The maximum atomic E-state index is 14.1. The highest BCUT2D eigenvalue weighted by atomic mass is 16.5. The van der Waals surface area contributed by atoms with E-state index >= 15 is 0 Å². The molecule has 3 aromatic rings. The summed E-state index contributed by atoms with van der Waals surface area (Å²) in [5, 5.41) is 24.2. The van der Waals surface area contributed by atoms with Crippen LogP contribution in [-0.4, -0.2) is 77.9 Å². The van der Waals surface area contributed by atoms with E-state index < -0.39 is 54.6 Å². The van der Waals surface area contributed by atoms with Gasteiger partial charge >= 0.3 is 5.97 Å². The van der Waals surface area contributed by atoms with Gasteiger partial charge < -0.3 is 35.3 Å². The van der Waals surface area contributed by atoms with Crippen LogP contribution in [-0.2, 0) is 24.0 Å². The summed E-state index contributed by atoms with van der Waals surface area (Å²) in [7, 11) is 0. The van der Waals surface area contributed by atoms with Crippen LogP contribution in [0.1, 0.15) is 34.3 Å². The Labute approximate surface area is 264 Å². The topological polar surface area (TPSA) is 183 Å². The van der Waals surface area contributed by atoms with E-state index in [2.05, 4.69) is 10.6 Å². The first-order valence-electron chi connectivity index (χ1n) is 14.4. The number of aldehydes is 1. The first-order chi connectivity index (χ1) is 22.0. The first-order valence-corrected chi connectivity index (χ1v) is 14.4. The van der Waals surface area contributed by atoms with E-state index in [0.29, 0.717) is 22.6 Å². The number of rotatable bonds is 11. The van der Waals surface area contributed by atoms with Crippen molar-refractivity contribution in [2.24, 2.45) is 0 Å². The second-order valence-corrected chi connectivity index (χ2v) is 10.7. The number of carboxylic acid groups (broad SMARTS) is 1. The number of anilines is 2. The van der Waals surface area contributed by atoms with Crippen LogP contribution in [0.15, 0.2) is 66.7 Å². The third kappa shape index (κ3) is 8.05. The van der Waals surface area contributed by atoms with Crippen molar-refractivity contribution in [2.45, 2.75) is 38.8 Å². The number of nitrogens with zero attached hydrogens (tertiary/aromatic N) is 2. The van der Waals surface area contributed by atoms with Gasteiger partial charge in [-0.1, -0.05) is 30.3 Å². The monoisotopic (exact) mass is 630 g/mol. The van der Waals surface area contributed by atoms with E-state index in [1.54, 1.807) is 62.4 Å². The van der Waals surface area contributed by atoms with Gasteiger partial charge in [0.1, 0.15) is 30.4 Å². The van der Waals surface area contributed by atoms with Crippen molar-refractivity contribution in [3.63, 3.8) is 0 Å². The minimum atomic E-state index is -1.34. The number of phenolic OH excluding ortho intramolecular Hbond substituents is 1. The molecule has 4 N–H and O–H groups in total. The third-order valence-electron chi connectivity index (χ3n) is 7.34. The molecule has 13 nitrogen and oxygen atoms in total. The Bertz CT molecular complexity index is 1620. The third-order valence-corrected chi connectivity index (χ3v) is 7.34. The number of nitrogens with one attached hydrogen (secondary N) is 2. The molecule has 1 heterocycles. The number of fused-ring (bicyclic) bond motifs is 1. The first kappa shape index (κ1) is 33.2. The molecule has 4 amide bonds. The van der Waals surface area contributed by atoms with E-state index in [4.69, 9.17) is 9.84 Å². The van der Waals surface area contributed by atoms with Gasteiger partial charge in [0, 0.05) is 12.1 Å². The molecule has 0 aliphatic carbocycles. The molecule has 2 atom stereocenters. The van der Waals surface area contributed by atoms with Crippen LogP contribution in [0.5, 0.6) is 11.5 Å². The predicted octanol–water partition coefficient (Wildman–Crippen LogP) is 2.11. The van der Waals surface area contributed by atoms with E-state index in [-0.39, 0.29) is 42.9 Å². The number of aromatic hydroxyl groups is 1. The van der Waals surface area contributed by atoms with Gasteiger partial charge in [0.2, 0.25) is 11.8 Å². The normalized spacial score (nSPS) is 15.1. The fraction of sp³-hybridized carbons (Fsp3) is 0.273. The number of benzene rings is 3. The number of hydrogen-bond donors (Lipinski definition) is 4. The summed E-state index contributed by atoms with van der Waals surface area (Å²) in [6.45, 7) is 2.28. The molecule has 0 spiro atoms. The number of aliphatic carboxylic acids is 1. The fourth-order valence-corrected chi connectivity index (χ4v) is 5.07. The molecule has 0 radical (unpaired) electrons. The molecule has 0 unspecified atom stereocenters. The standard InChI is InChI=1S/C33H34N4O9/c1-20-14-22(15-21(2)31(20)43)32(44)35-25-12-13-36(29(40)19-46-24-8-4-3-5-9-24)26-10-6-7-11-27(26)37(33(25)45)17-28(39)34-23(18-38)16-30(41)42/h3-11,14-15,18,23,25,43H,12-13,16-17,19H2,1-2H3,(H,34,39)(H,35,44)(H,41,42)/t23-,25-/m0/s1. The maximum absolute atomic E-state index is 14.1. The van der Waals surface area contributed by atoms with Gasteiger partial charge in [-0.05, 0) is 67.8 Å². The largest absolute Gasteiger partial charge is 0.507 e. The lowest BCUT2D eigenvalue weighted by atomic mass is 10.0. The van der Waals surface area contributed by atoms with Crippen LogP contribution in [0.4, 0.5) is 11.4 Å². The van der Waals surface area contributed by atoms with Crippen molar-refractivity contribution in [1.82, 2.24) is 10.6 Å². The van der Waals surface area contributed by atoms with Gasteiger partial charge in [-0.2, -0.15) is 0 Å². The average molecular weight is 631 g/mol. The molecule has 0 aromatic heterocycles. The van der Waals surface area contributed by atoms with Gasteiger partial charge in [0.25, 0.3) is 11.8 Å². The number of carboxylic acids is 1. The van der Waals surface area contributed by atoms with Crippen molar-refractivity contribution in [3.8, 4) is 11.5 Å². The number of para-hydroxylation sites is 3. The minimum Gasteiger partial charge on any atom is -0.507 e. The van der Waals surface area contributed by atoms with Crippen molar-refractivity contribution in [3.05, 3.63) is 83.4 Å². The lowest BCUT2D eigenvalue weighted by molar-refractivity contribution is -0.139. The quantitative estimate of drug-likeness (QED) is 0.231. The average Bonchev–Trinajstić information content (AvgIpc) is 3.03. The van der Waals surface area contributed by atoms with Gasteiger partial charge in [-0.3, -0.25) is 28.9 Å². The number of amides is 4. The number of carbonyl (C=O) groups excluding carboxylic acids is 5. The molecule has 3 aromatic carbocycles. The summed E-state index contributed by atoms with van der Waals surface area (Å²) in [6.07, 6.45) is -0.416. The molecular weight excluding hydrogens is 596 g/mol. The molecule has 13 heteroatoms. The van der Waals surface area contributed by atoms with Crippen LogP contribution < -0.4 is 25.2 Å². The van der Waals surface area contributed by atoms with Gasteiger partial charge in [-0.25, -0.2) is 0 Å². The number of hydrogen-bond acceptors (Lipinski definition) is 8. The van der Waals surface area contributed by atoms with Gasteiger partial charge in [0.15, 0.2) is 6.61 Å². The van der Waals surface area contributed by atoms with Gasteiger partial charge in [0.05, 0.1) is 23.8 Å². The Kier molecular flexibility index (Phi) is 10.7. The second-order valence-electron chi connectivity index (χ2n) is 10.7. The molecule has 4 rings (SSSR count). The SMILES string of the molecule is Cc1cc(C(=O)N[C@H]2CCN(C(=O)COc3ccccc3)c3ccccc3N(CC(=O)N[C@H](C=O)CC(=O)O)C2=O)cc(C)c1O. The summed E-state index contributed by atoms with van der Waals surface area (Å²) in [6, 6.07) is 15.5. The van der Waals surface area contributed by atoms with E-state index in [0.717, 1.165) is 4.90 Å². The molecule has 0 fully saturated rings. The van der Waals surface area contributed by atoms with Crippen molar-refractivity contribution in [1.29, 1.82) is 0 Å². The molecule has 46 heavy (non-hydrogen) atoms. The Balaban J connectivity index is 1.68. The van der Waals surface area contributed by atoms with E-state index in [1.807, 2.05) is 0 Å². The Morgan fingerprint density at radius 3 is 2.26 bits per heavy atom. The lowest BCUT2D eigenvalue weighted by Gasteiger charge is -2.36. The van der Waals surface area contributed by atoms with Crippen LogP contribution in [0.25, 0.3) is 0 Å². The van der Waals surface area contributed by atoms with E-state index in [1.165, 1.54) is 23.1 Å². The number of phenols is 1. The molecule has 0 saturated carbocycles. The molecule has 1 aliphatic rings. The van der Waals surface area contributed by atoms with Crippen molar-refractivity contribution >= 4 is 47.3 Å². The highest BCUT2D eigenvalue weighted by Gasteiger charge is 2.35. The number of aryl methyl sites for hydroxylation is 2. The van der Waals surface area contributed by atoms with E-state index in [9.17, 15) is 33.9 Å². The van der Waals surface area contributed by atoms with Crippen molar-refractivity contribution in [2.75, 3.05) is 29.5 Å². The smallest absolute Gasteiger partial charge is 0.305 e. The predicted molar refractivity (Wildman–Crippen MR) is 167 cm³/mol. The zero-order valence-electron chi connectivity index (χ0n) is 25.3. The summed E-state index contributed by atoms with van der Waals surface area (Å²) in [4.78, 5) is 79.1. The number of carbonyl (C=O) groups is 6. The maximum Gasteiger partial charge on any atom is 0.305 e. The van der Waals surface area contributed by atoms with Crippen LogP contribution >= 0.6 is 0 Å². The second kappa shape index (κ2) is 14.8. The van der Waals surface area contributed by atoms with Crippen molar-refractivity contribution < 1.29 is 43.7 Å². The number of ether oxygens (including phenoxy) is 1. The molecule has 1 aliphatic heterocycles. The minimum absolute atomic E-state index is 0.00415. The van der Waals surface area contributed by atoms with Crippen LogP contribution in [0, 0.1) is 13.8 Å². The molecule has 240 valence electrons. The Hall–Kier alpha value is -5.72. The zero-order chi connectivity index (χ0) is 33.4. The molecular formula is C33H34N4O9.